The highest BCUT2D eigenvalue weighted by atomic mass is 16.7. The van der Waals surface area contributed by atoms with Gasteiger partial charge in [-0.25, -0.2) is 9.97 Å². The van der Waals surface area contributed by atoms with Crippen LogP contribution in [0.25, 0.3) is 0 Å². The topological polar surface area (TPSA) is 183 Å². The minimum absolute atomic E-state index is 0.00279. The zero-order valence-electron chi connectivity index (χ0n) is 41.3. The Morgan fingerprint density at radius 2 is 1.26 bits per heavy atom. The molecule has 5 aliphatic heterocycles. The number of hydrogen-bond acceptors (Lipinski definition) is 16. The lowest BCUT2D eigenvalue weighted by Crippen LogP contribution is -2.72. The van der Waals surface area contributed by atoms with Gasteiger partial charge in [0.05, 0.1) is 63.7 Å². The van der Waals surface area contributed by atoms with E-state index in [1.54, 1.807) is 12.4 Å². The predicted molar refractivity (Wildman–Crippen MR) is 267 cm³/mol. The van der Waals surface area contributed by atoms with Crippen LogP contribution in [0.2, 0.25) is 0 Å². The minimum atomic E-state index is -0.357. The van der Waals surface area contributed by atoms with Crippen LogP contribution in [0.3, 0.4) is 0 Å². The van der Waals surface area contributed by atoms with Crippen molar-refractivity contribution in [1.29, 1.82) is 0 Å². The Labute approximate surface area is 392 Å². The number of ether oxygens (including phenoxy) is 5. The number of hydrogen-bond donors (Lipinski definition) is 2. The molecule has 5 saturated heterocycles. The van der Waals surface area contributed by atoms with E-state index in [1.807, 2.05) is 58.3 Å². The van der Waals surface area contributed by atoms with E-state index in [9.17, 15) is 0 Å². The van der Waals surface area contributed by atoms with Gasteiger partial charge in [0.15, 0.2) is 12.6 Å². The lowest BCUT2D eigenvalue weighted by atomic mass is 9.72. The van der Waals surface area contributed by atoms with Gasteiger partial charge in [-0.1, -0.05) is 67.5 Å². The van der Waals surface area contributed by atoms with E-state index in [4.69, 9.17) is 35.4 Å². The van der Waals surface area contributed by atoms with Gasteiger partial charge in [-0.2, -0.15) is 10.2 Å². The number of anilines is 3. The largest absolute Gasteiger partial charge is 0.489 e. The van der Waals surface area contributed by atoms with Crippen molar-refractivity contribution in [2.45, 2.75) is 94.8 Å². The molecule has 3 aromatic rings. The third-order valence-corrected chi connectivity index (χ3v) is 11.8. The Morgan fingerprint density at radius 3 is 1.76 bits per heavy atom. The Bertz CT molecular complexity index is 2150. The van der Waals surface area contributed by atoms with Crippen LogP contribution in [0.5, 0.6) is 5.75 Å². The van der Waals surface area contributed by atoms with Crippen LogP contribution in [0.1, 0.15) is 86.1 Å². The monoisotopic (exact) mass is 910 g/mol. The summed E-state index contributed by atoms with van der Waals surface area (Å²) in [6, 6.07) is 14.6. The number of aromatic nitrogens is 2. The maximum Gasteiger partial charge on any atom is 0.176 e. The fourth-order valence-electron chi connectivity index (χ4n) is 8.50. The number of nitrogens with zero attached hydrogens (tertiary/aromatic N) is 9. The molecule has 0 amide bonds. The van der Waals surface area contributed by atoms with Gasteiger partial charge in [0.1, 0.15) is 28.7 Å². The molecule has 2 aromatic heterocycles. The van der Waals surface area contributed by atoms with Crippen LogP contribution in [-0.2, 0) is 18.9 Å². The third-order valence-electron chi connectivity index (χ3n) is 11.8. The van der Waals surface area contributed by atoms with Crippen LogP contribution in [0.15, 0.2) is 75.0 Å². The Balaban J connectivity index is 0.000000212. The molecule has 0 saturated carbocycles. The first kappa shape index (κ1) is 50.3. The lowest BCUT2D eigenvalue weighted by Gasteiger charge is -2.61. The molecule has 5 aliphatic rings. The molecule has 5 fully saturated rings. The lowest BCUT2D eigenvalue weighted by molar-refractivity contribution is -0.215. The fourth-order valence-corrected chi connectivity index (χ4v) is 8.50. The summed E-state index contributed by atoms with van der Waals surface area (Å²) in [5, 5.41) is 7.87. The Kier molecular flexibility index (Phi) is 16.5. The molecule has 1 aromatic carbocycles. The number of aliphatic imine (C=N–C) groups is 2. The van der Waals surface area contributed by atoms with Crippen molar-refractivity contribution in [3.8, 4) is 5.75 Å². The Morgan fingerprint density at radius 1 is 0.712 bits per heavy atom. The molecule has 7 heterocycles. The zero-order chi connectivity index (χ0) is 47.7. The zero-order valence-corrected chi connectivity index (χ0v) is 41.3. The summed E-state index contributed by atoms with van der Waals surface area (Å²) in [7, 11) is 0. The van der Waals surface area contributed by atoms with Crippen molar-refractivity contribution in [1.82, 2.24) is 9.97 Å². The first-order valence-corrected chi connectivity index (χ1v) is 23.4. The van der Waals surface area contributed by atoms with Crippen LogP contribution in [0.4, 0.5) is 17.2 Å². The highest BCUT2D eigenvalue weighted by Gasteiger charge is 2.52. The number of hydrazone groups is 2. The summed E-state index contributed by atoms with van der Waals surface area (Å²) in [5.41, 5.74) is 6.88. The van der Waals surface area contributed by atoms with E-state index >= 15 is 0 Å². The molecule has 16 heteroatoms. The molecule has 0 atom stereocenters. The van der Waals surface area contributed by atoms with Crippen molar-refractivity contribution >= 4 is 41.0 Å². The smallest absolute Gasteiger partial charge is 0.176 e. The van der Waals surface area contributed by atoms with Crippen LogP contribution >= 0.6 is 0 Å². The fraction of sp³-hybridized carbons (Fsp3) is 0.600. The molecule has 360 valence electrons. The van der Waals surface area contributed by atoms with E-state index in [2.05, 4.69) is 118 Å². The van der Waals surface area contributed by atoms with Gasteiger partial charge in [0.2, 0.25) is 0 Å². The van der Waals surface area contributed by atoms with Gasteiger partial charge in [0, 0.05) is 85.2 Å². The van der Waals surface area contributed by atoms with Crippen molar-refractivity contribution in [3.63, 3.8) is 0 Å². The molecule has 0 aliphatic carbocycles. The predicted octanol–water partition coefficient (Wildman–Crippen LogP) is 6.72. The second kappa shape index (κ2) is 21.6. The maximum atomic E-state index is 6.02. The first-order valence-electron chi connectivity index (χ1n) is 23.4. The van der Waals surface area contributed by atoms with Gasteiger partial charge >= 0.3 is 0 Å². The van der Waals surface area contributed by atoms with Gasteiger partial charge in [-0.3, -0.25) is 9.98 Å². The first-order chi connectivity index (χ1) is 31.4. The molecular formula is C50H75N11O5. The summed E-state index contributed by atoms with van der Waals surface area (Å²) >= 11 is 0. The van der Waals surface area contributed by atoms with Crippen LogP contribution < -0.4 is 31.1 Å². The summed E-state index contributed by atoms with van der Waals surface area (Å²) < 4.78 is 28.9. The van der Waals surface area contributed by atoms with E-state index < -0.39 is 0 Å². The maximum absolute atomic E-state index is 6.02. The van der Waals surface area contributed by atoms with Gasteiger partial charge < -0.3 is 50.1 Å². The second-order valence-electron chi connectivity index (χ2n) is 20.6. The average Bonchev–Trinajstić information content (AvgIpc) is 3.25. The molecule has 0 bridgehead atoms. The molecule has 0 unspecified atom stereocenters. The van der Waals surface area contributed by atoms with E-state index in [-0.39, 0.29) is 29.5 Å². The van der Waals surface area contributed by atoms with Crippen molar-refractivity contribution in [3.05, 3.63) is 71.7 Å². The SMILES string of the molecule is CC.CC(C)Oc1cc(N2CC(C)(C)C2)cnc1/C(C=NCC1OCC(C)(C)CO1)=N/N.Cc1cc(N2CC3(C2)CN(c2ccccn2)C3)ccc1/C(C=NCC1OCC(C)(C)CO1)=N/N. The number of pyridine rings is 2. The van der Waals surface area contributed by atoms with Gasteiger partial charge in [-0.05, 0) is 56.0 Å². The number of benzene rings is 1. The average molecular weight is 910 g/mol. The molecule has 0 radical (unpaired) electrons. The Hall–Kier alpha value is -5.16. The quantitative estimate of drug-likeness (QED) is 0.105. The van der Waals surface area contributed by atoms with Crippen LogP contribution in [0, 0.1) is 28.6 Å². The second-order valence-corrected chi connectivity index (χ2v) is 20.6. The normalized spacial score (nSPS) is 21.4. The molecule has 1 spiro atoms. The van der Waals surface area contributed by atoms with E-state index in [0.29, 0.717) is 73.2 Å². The summed E-state index contributed by atoms with van der Waals surface area (Å²) in [6.45, 7) is 32.8. The highest BCUT2D eigenvalue weighted by Crippen LogP contribution is 2.43. The van der Waals surface area contributed by atoms with Gasteiger partial charge in [-0.15, -0.1) is 0 Å². The number of nitrogens with two attached hydrogens (primary N) is 2. The highest BCUT2D eigenvalue weighted by molar-refractivity contribution is 6.39. The van der Waals surface area contributed by atoms with Gasteiger partial charge in [0.25, 0.3) is 0 Å². The molecule has 16 nitrogen and oxygen atoms in total. The van der Waals surface area contributed by atoms with Crippen LogP contribution in [-0.4, -0.2) is 131 Å². The third kappa shape index (κ3) is 13.0. The summed E-state index contributed by atoms with van der Waals surface area (Å²) in [6.07, 6.45) is 6.35. The van der Waals surface area contributed by atoms with Crippen molar-refractivity contribution in [2.24, 2.45) is 53.5 Å². The summed E-state index contributed by atoms with van der Waals surface area (Å²) in [4.78, 5) is 25.1. The van der Waals surface area contributed by atoms with E-state index in [0.717, 1.165) is 61.9 Å². The van der Waals surface area contributed by atoms with E-state index in [1.165, 1.54) is 5.69 Å². The molecule has 4 N–H and O–H groups in total. The number of rotatable bonds is 13. The minimum Gasteiger partial charge on any atom is -0.489 e. The molecule has 66 heavy (non-hydrogen) atoms. The summed E-state index contributed by atoms with van der Waals surface area (Å²) in [5.74, 6) is 13.1. The molecule has 8 rings (SSSR count). The van der Waals surface area contributed by atoms with Crippen molar-refractivity contribution in [2.75, 3.05) is 93.5 Å². The number of aryl methyl sites for hydroxylation is 1. The molecular weight excluding hydrogens is 835 g/mol. The van der Waals surface area contributed by atoms with Crippen molar-refractivity contribution < 1.29 is 23.7 Å². The standard InChI is InChI=1S/C26H34N6O2.C22H35N5O3.C2H6/c1-19-10-20(31-13-26(14-31)15-32(16-26)23-6-4-5-9-29-23)7-8-21(19)22(30-27)11-28-12-24-33-17-25(2,3)18-34-24;1-15(2)30-18-7-16(27-11-21(3,4)12-27)8-25-20(18)17(26-23)9-24-10-19-28-13-22(5,6)14-29-19;1-2/h4-11,24H,12-18,27H2,1-3H3;7-9,15,19H,10-14,23H2,1-6H3;1-2H3/b28-11?,30-22+;24-9?,26-17+;.